The number of alkyl halides is 3. The van der Waals surface area contributed by atoms with Crippen LogP contribution in [0.2, 0.25) is 0 Å². The molecule has 31 heavy (non-hydrogen) atoms. The zero-order valence-corrected chi connectivity index (χ0v) is 18.0. The molecule has 0 heterocycles. The highest BCUT2D eigenvalue weighted by atomic mass is 19.4. The summed E-state index contributed by atoms with van der Waals surface area (Å²) in [5.74, 6) is -2.76. The molecule has 0 aliphatic rings. The van der Waals surface area contributed by atoms with Crippen LogP contribution in [0.1, 0.15) is 51.2 Å². The van der Waals surface area contributed by atoms with Gasteiger partial charge in [-0.05, 0) is 51.3 Å². The predicted octanol–water partition coefficient (Wildman–Crippen LogP) is 4.23. The smallest absolute Gasteiger partial charge is 0.416 e. The molecule has 0 aliphatic heterocycles. The lowest BCUT2D eigenvalue weighted by Gasteiger charge is -2.19. The number of halogens is 3. The van der Waals surface area contributed by atoms with Gasteiger partial charge in [-0.15, -0.1) is 0 Å². The van der Waals surface area contributed by atoms with Crippen LogP contribution in [-0.4, -0.2) is 37.3 Å². The van der Waals surface area contributed by atoms with Crippen LogP contribution in [-0.2, 0) is 36.6 Å². The number of carbonyl (C=O) groups is 3. The second kappa shape index (κ2) is 11.6. The SMILES string of the molecule is COC(=O)[C@H](CCCCNC(=O)OC(C)(C)C)C(=O)OCc1ccc(C(F)(F)F)cc1. The first-order chi connectivity index (χ1) is 14.3. The van der Waals surface area contributed by atoms with Gasteiger partial charge in [-0.3, -0.25) is 9.59 Å². The third kappa shape index (κ3) is 10.2. The number of hydrogen-bond acceptors (Lipinski definition) is 6. The topological polar surface area (TPSA) is 90.9 Å². The number of amides is 1. The lowest BCUT2D eigenvalue weighted by molar-refractivity contribution is -0.161. The Morgan fingerprint density at radius 3 is 2.13 bits per heavy atom. The lowest BCUT2D eigenvalue weighted by Crippen LogP contribution is -2.33. The summed E-state index contributed by atoms with van der Waals surface area (Å²) >= 11 is 0. The minimum Gasteiger partial charge on any atom is -0.468 e. The van der Waals surface area contributed by atoms with E-state index in [9.17, 15) is 27.6 Å². The second-order valence-electron chi connectivity index (χ2n) is 7.80. The van der Waals surface area contributed by atoms with E-state index in [0.717, 1.165) is 19.2 Å². The molecule has 0 unspecified atom stereocenters. The number of unbranched alkanes of at least 4 members (excludes halogenated alkanes) is 1. The molecule has 0 aliphatic carbocycles. The van der Waals surface area contributed by atoms with E-state index >= 15 is 0 Å². The van der Waals surface area contributed by atoms with Crippen molar-refractivity contribution < 1.29 is 41.8 Å². The maximum Gasteiger partial charge on any atom is 0.416 e. The predicted molar refractivity (Wildman–Crippen MR) is 105 cm³/mol. The number of rotatable bonds is 9. The molecule has 1 N–H and O–H groups in total. The highest BCUT2D eigenvalue weighted by molar-refractivity contribution is 5.94. The Morgan fingerprint density at radius 2 is 1.61 bits per heavy atom. The van der Waals surface area contributed by atoms with Crippen molar-refractivity contribution in [2.24, 2.45) is 5.92 Å². The molecule has 0 bridgehead atoms. The fraction of sp³-hybridized carbons (Fsp3) is 0.571. The minimum atomic E-state index is -4.45. The Kier molecular flexibility index (Phi) is 9.80. The Morgan fingerprint density at radius 1 is 1.00 bits per heavy atom. The standard InChI is InChI=1S/C21H28F3NO6/c1-20(2,3)31-19(28)25-12-6-5-7-16(17(26)29-4)18(27)30-13-14-8-10-15(11-9-14)21(22,23)24/h8-11,16H,5-7,12-13H2,1-4H3,(H,25,28)/t16-/m0/s1. The summed E-state index contributed by atoms with van der Waals surface area (Å²) in [5.41, 5.74) is -1.07. The van der Waals surface area contributed by atoms with Crippen LogP contribution in [0.4, 0.5) is 18.0 Å². The maximum atomic E-state index is 12.6. The highest BCUT2D eigenvalue weighted by Gasteiger charge is 2.31. The van der Waals surface area contributed by atoms with Gasteiger partial charge in [-0.2, -0.15) is 13.2 Å². The molecule has 0 radical (unpaired) electrons. The first kappa shape index (κ1) is 26.3. The van der Waals surface area contributed by atoms with Gasteiger partial charge in [0.15, 0.2) is 5.92 Å². The summed E-state index contributed by atoms with van der Waals surface area (Å²) in [6.07, 6.45) is -3.98. The van der Waals surface area contributed by atoms with Crippen LogP contribution >= 0.6 is 0 Å². The summed E-state index contributed by atoms with van der Waals surface area (Å²) in [6, 6.07) is 4.18. The van der Waals surface area contributed by atoms with E-state index in [2.05, 4.69) is 10.1 Å². The Labute approximate surface area is 179 Å². The molecule has 1 atom stereocenters. The molecule has 10 heteroatoms. The summed E-state index contributed by atoms with van der Waals surface area (Å²) in [6.45, 7) is 5.24. The van der Waals surface area contributed by atoms with Gasteiger partial charge < -0.3 is 19.5 Å². The van der Waals surface area contributed by atoms with Crippen LogP contribution < -0.4 is 5.32 Å². The summed E-state index contributed by atoms with van der Waals surface area (Å²) in [5, 5.41) is 2.57. The number of benzene rings is 1. The third-order valence-corrected chi connectivity index (χ3v) is 4.02. The molecule has 1 amide bonds. The van der Waals surface area contributed by atoms with Crippen LogP contribution in [0.25, 0.3) is 0 Å². The summed E-state index contributed by atoms with van der Waals surface area (Å²) < 4.78 is 52.6. The number of nitrogens with one attached hydrogen (secondary N) is 1. The van der Waals surface area contributed by atoms with Gasteiger partial charge in [0.2, 0.25) is 0 Å². The van der Waals surface area contributed by atoms with Crippen molar-refractivity contribution in [2.45, 2.75) is 58.4 Å². The molecule has 0 fully saturated rings. The van der Waals surface area contributed by atoms with Crippen LogP contribution in [0.3, 0.4) is 0 Å². The number of methoxy groups -OCH3 is 1. The average molecular weight is 447 g/mol. The van der Waals surface area contributed by atoms with Crippen LogP contribution in [0, 0.1) is 5.92 Å². The number of hydrogen-bond donors (Lipinski definition) is 1. The Balaban J connectivity index is 2.49. The van der Waals surface area contributed by atoms with Crippen molar-refractivity contribution in [3.05, 3.63) is 35.4 Å². The number of carbonyl (C=O) groups excluding carboxylic acids is 3. The molecule has 7 nitrogen and oxygen atoms in total. The van der Waals surface area contributed by atoms with Gasteiger partial charge in [-0.1, -0.05) is 18.6 Å². The molecule has 0 spiro atoms. The molecular weight excluding hydrogens is 419 g/mol. The maximum absolute atomic E-state index is 12.6. The lowest BCUT2D eigenvalue weighted by atomic mass is 10.0. The van der Waals surface area contributed by atoms with Crippen LogP contribution in [0.15, 0.2) is 24.3 Å². The molecule has 0 saturated heterocycles. The van der Waals surface area contributed by atoms with Gasteiger partial charge in [0, 0.05) is 6.54 Å². The van der Waals surface area contributed by atoms with E-state index in [4.69, 9.17) is 9.47 Å². The zero-order chi connectivity index (χ0) is 23.7. The van der Waals surface area contributed by atoms with E-state index in [1.54, 1.807) is 20.8 Å². The first-order valence-electron chi connectivity index (χ1n) is 9.71. The monoisotopic (exact) mass is 447 g/mol. The molecule has 0 aromatic heterocycles. The quantitative estimate of drug-likeness (QED) is 0.264. The van der Waals surface area contributed by atoms with E-state index in [1.165, 1.54) is 12.1 Å². The normalized spacial score (nSPS) is 12.6. The average Bonchev–Trinajstić information content (AvgIpc) is 2.66. The van der Waals surface area contributed by atoms with Crippen molar-refractivity contribution in [3.8, 4) is 0 Å². The Hall–Kier alpha value is -2.78. The van der Waals surface area contributed by atoms with Gasteiger partial charge in [0.05, 0.1) is 12.7 Å². The van der Waals surface area contributed by atoms with Crippen molar-refractivity contribution in [3.63, 3.8) is 0 Å². The molecule has 1 aromatic carbocycles. The van der Waals surface area contributed by atoms with E-state index < -0.39 is 41.3 Å². The molecular formula is C21H28F3NO6. The zero-order valence-electron chi connectivity index (χ0n) is 18.0. The van der Waals surface area contributed by atoms with Crippen molar-refractivity contribution >= 4 is 18.0 Å². The third-order valence-electron chi connectivity index (χ3n) is 4.02. The van der Waals surface area contributed by atoms with Crippen molar-refractivity contribution in [1.29, 1.82) is 0 Å². The van der Waals surface area contributed by atoms with Gasteiger partial charge in [0.1, 0.15) is 12.2 Å². The fourth-order valence-electron chi connectivity index (χ4n) is 2.50. The van der Waals surface area contributed by atoms with Gasteiger partial charge in [-0.25, -0.2) is 4.79 Å². The van der Waals surface area contributed by atoms with Gasteiger partial charge in [0.25, 0.3) is 0 Å². The highest BCUT2D eigenvalue weighted by Crippen LogP contribution is 2.29. The molecule has 174 valence electrons. The molecule has 1 aromatic rings. The Bertz CT molecular complexity index is 741. The van der Waals surface area contributed by atoms with E-state index in [1.807, 2.05) is 0 Å². The minimum absolute atomic E-state index is 0.133. The van der Waals surface area contributed by atoms with Crippen molar-refractivity contribution in [2.75, 3.05) is 13.7 Å². The summed E-state index contributed by atoms with van der Waals surface area (Å²) in [7, 11) is 1.14. The first-order valence-corrected chi connectivity index (χ1v) is 9.71. The summed E-state index contributed by atoms with van der Waals surface area (Å²) in [4.78, 5) is 35.8. The second-order valence-corrected chi connectivity index (χ2v) is 7.80. The van der Waals surface area contributed by atoms with Crippen LogP contribution in [0.5, 0.6) is 0 Å². The molecule has 1 rings (SSSR count). The van der Waals surface area contributed by atoms with E-state index in [-0.39, 0.29) is 13.0 Å². The van der Waals surface area contributed by atoms with Gasteiger partial charge >= 0.3 is 24.2 Å². The van der Waals surface area contributed by atoms with E-state index in [0.29, 0.717) is 24.9 Å². The number of ether oxygens (including phenoxy) is 3. The molecule has 0 saturated carbocycles. The number of esters is 2. The number of alkyl carbamates (subject to hydrolysis) is 1. The fourth-order valence-corrected chi connectivity index (χ4v) is 2.50. The van der Waals surface area contributed by atoms with Crippen molar-refractivity contribution in [1.82, 2.24) is 5.32 Å². The largest absolute Gasteiger partial charge is 0.468 e.